The van der Waals surface area contributed by atoms with E-state index in [4.69, 9.17) is 4.42 Å². The van der Waals surface area contributed by atoms with Crippen molar-refractivity contribution in [2.45, 2.75) is 51.2 Å². The van der Waals surface area contributed by atoms with E-state index < -0.39 is 0 Å². The van der Waals surface area contributed by atoms with Gasteiger partial charge in [0, 0.05) is 50.6 Å². The predicted octanol–water partition coefficient (Wildman–Crippen LogP) is 2.55. The summed E-state index contributed by atoms with van der Waals surface area (Å²) in [6.07, 6.45) is 9.35. The molecule has 2 aliphatic rings. The van der Waals surface area contributed by atoms with E-state index in [0.717, 1.165) is 43.9 Å². The lowest BCUT2D eigenvalue weighted by Crippen LogP contribution is -2.47. The third-order valence-corrected chi connectivity index (χ3v) is 5.51. The first-order valence-electron chi connectivity index (χ1n) is 9.17. The molecule has 0 bridgehead atoms. The average molecular weight is 342 g/mol. The number of likely N-dealkylation sites (tertiary alicyclic amines) is 1. The number of aryl methyl sites for hydroxylation is 2. The van der Waals surface area contributed by atoms with E-state index in [-0.39, 0.29) is 11.9 Å². The van der Waals surface area contributed by atoms with Crippen molar-refractivity contribution in [1.29, 1.82) is 0 Å². The highest BCUT2D eigenvalue weighted by molar-refractivity contribution is 5.78. The topological polar surface area (TPSA) is 63.3 Å². The molecule has 1 N–H and O–H groups in total. The molecule has 2 atom stereocenters. The highest BCUT2D eigenvalue weighted by Gasteiger charge is 2.45. The number of nitrogens with zero attached hydrogens (tertiary/aromatic N) is 3. The van der Waals surface area contributed by atoms with E-state index in [1.54, 1.807) is 6.26 Å². The van der Waals surface area contributed by atoms with Crippen LogP contribution in [-0.4, -0.2) is 32.9 Å². The molecule has 0 unspecified atom stereocenters. The first-order valence-corrected chi connectivity index (χ1v) is 9.17. The fourth-order valence-corrected chi connectivity index (χ4v) is 3.96. The zero-order chi connectivity index (χ0) is 17.4. The van der Waals surface area contributed by atoms with Crippen LogP contribution in [0.1, 0.15) is 48.9 Å². The SMILES string of the molecule is Cc1occc1CNC[C@H]1CCC(=O)N(C2CC2)[C@@H]1c1nccn1C. The van der Waals surface area contributed by atoms with Crippen molar-refractivity contribution in [1.82, 2.24) is 19.8 Å². The lowest BCUT2D eigenvalue weighted by atomic mass is 9.87. The predicted molar refractivity (Wildman–Crippen MR) is 93.7 cm³/mol. The lowest BCUT2D eigenvalue weighted by Gasteiger charge is -2.41. The van der Waals surface area contributed by atoms with Gasteiger partial charge in [-0.1, -0.05) is 0 Å². The van der Waals surface area contributed by atoms with Crippen LogP contribution in [0.3, 0.4) is 0 Å². The van der Waals surface area contributed by atoms with Crippen molar-refractivity contribution in [3.05, 3.63) is 41.9 Å². The molecule has 6 nitrogen and oxygen atoms in total. The van der Waals surface area contributed by atoms with E-state index >= 15 is 0 Å². The third kappa shape index (κ3) is 3.23. The minimum absolute atomic E-state index is 0.0756. The Morgan fingerprint density at radius 2 is 2.20 bits per heavy atom. The van der Waals surface area contributed by atoms with Crippen molar-refractivity contribution in [3.63, 3.8) is 0 Å². The number of piperidine rings is 1. The second kappa shape index (κ2) is 6.67. The molecule has 1 amide bonds. The highest BCUT2D eigenvalue weighted by atomic mass is 16.3. The highest BCUT2D eigenvalue weighted by Crippen LogP contribution is 2.42. The Morgan fingerprint density at radius 3 is 2.84 bits per heavy atom. The molecule has 1 aliphatic heterocycles. The van der Waals surface area contributed by atoms with Gasteiger partial charge in [0.05, 0.1) is 12.3 Å². The van der Waals surface area contributed by atoms with Gasteiger partial charge in [0.25, 0.3) is 0 Å². The van der Waals surface area contributed by atoms with Gasteiger partial charge in [0.2, 0.25) is 5.91 Å². The largest absolute Gasteiger partial charge is 0.469 e. The molecule has 0 radical (unpaired) electrons. The number of nitrogens with one attached hydrogen (secondary N) is 1. The lowest BCUT2D eigenvalue weighted by molar-refractivity contribution is -0.140. The Morgan fingerprint density at radius 1 is 1.36 bits per heavy atom. The van der Waals surface area contributed by atoms with Crippen LogP contribution >= 0.6 is 0 Å². The molecule has 2 aromatic heterocycles. The van der Waals surface area contributed by atoms with Gasteiger partial charge in [-0.3, -0.25) is 4.79 Å². The van der Waals surface area contributed by atoms with Crippen molar-refractivity contribution in [2.24, 2.45) is 13.0 Å². The summed E-state index contributed by atoms with van der Waals surface area (Å²) in [5.41, 5.74) is 1.19. The second-order valence-corrected chi connectivity index (χ2v) is 7.31. The van der Waals surface area contributed by atoms with Gasteiger partial charge in [-0.15, -0.1) is 0 Å². The number of hydrogen-bond donors (Lipinski definition) is 1. The maximum absolute atomic E-state index is 12.6. The zero-order valence-electron chi connectivity index (χ0n) is 14.9. The average Bonchev–Trinajstić information content (AvgIpc) is 3.22. The fraction of sp³-hybridized carbons (Fsp3) is 0.579. The van der Waals surface area contributed by atoms with Gasteiger partial charge >= 0.3 is 0 Å². The standard InChI is InChI=1S/C19H26N4O2/c1-13-14(7-10-25-13)11-20-12-15-3-6-17(24)23(16-4-5-16)18(15)19-21-8-9-22(19)2/h7-10,15-16,18,20H,3-6,11-12H2,1-2H3/t15-,18+/m1/s1. The molecule has 4 rings (SSSR count). The van der Waals surface area contributed by atoms with Gasteiger partial charge in [-0.25, -0.2) is 4.98 Å². The molecule has 0 aromatic carbocycles. The quantitative estimate of drug-likeness (QED) is 0.876. The summed E-state index contributed by atoms with van der Waals surface area (Å²) < 4.78 is 7.43. The van der Waals surface area contributed by atoms with E-state index in [9.17, 15) is 4.79 Å². The minimum atomic E-state index is 0.0756. The summed E-state index contributed by atoms with van der Waals surface area (Å²) >= 11 is 0. The molecule has 2 fully saturated rings. The number of imidazole rings is 1. The first kappa shape index (κ1) is 16.4. The number of aromatic nitrogens is 2. The van der Waals surface area contributed by atoms with Crippen molar-refractivity contribution < 1.29 is 9.21 Å². The minimum Gasteiger partial charge on any atom is -0.469 e. The van der Waals surface area contributed by atoms with Gasteiger partial charge in [0.1, 0.15) is 11.6 Å². The number of furan rings is 1. The van der Waals surface area contributed by atoms with Crippen LogP contribution in [0.4, 0.5) is 0 Å². The molecule has 1 aliphatic carbocycles. The van der Waals surface area contributed by atoms with E-state index in [1.165, 1.54) is 5.56 Å². The van der Waals surface area contributed by atoms with Gasteiger partial charge in [-0.2, -0.15) is 0 Å². The molecule has 25 heavy (non-hydrogen) atoms. The van der Waals surface area contributed by atoms with Gasteiger partial charge in [-0.05, 0) is 38.2 Å². The fourth-order valence-electron chi connectivity index (χ4n) is 3.96. The van der Waals surface area contributed by atoms with Crippen LogP contribution in [0.25, 0.3) is 0 Å². The monoisotopic (exact) mass is 342 g/mol. The van der Waals surface area contributed by atoms with Crippen LogP contribution < -0.4 is 5.32 Å². The molecule has 1 saturated heterocycles. The maximum atomic E-state index is 12.6. The molecule has 134 valence electrons. The van der Waals surface area contributed by atoms with E-state index in [1.807, 2.05) is 32.4 Å². The Bertz CT molecular complexity index is 746. The summed E-state index contributed by atoms with van der Waals surface area (Å²) in [4.78, 5) is 19.3. The number of carbonyl (C=O) groups excluding carboxylic acids is 1. The molecular weight excluding hydrogens is 316 g/mol. The van der Waals surface area contributed by atoms with Crippen molar-refractivity contribution >= 4 is 5.91 Å². The molecule has 2 aromatic rings. The summed E-state index contributed by atoms with van der Waals surface area (Å²) in [6.45, 7) is 3.66. The maximum Gasteiger partial charge on any atom is 0.223 e. The Balaban J connectivity index is 1.51. The smallest absolute Gasteiger partial charge is 0.223 e. The number of carbonyl (C=O) groups is 1. The van der Waals surface area contributed by atoms with E-state index in [0.29, 0.717) is 18.4 Å². The Labute approximate surface area is 148 Å². The molecule has 1 saturated carbocycles. The summed E-state index contributed by atoms with van der Waals surface area (Å²) in [7, 11) is 2.02. The summed E-state index contributed by atoms with van der Waals surface area (Å²) in [6, 6.07) is 2.50. The third-order valence-electron chi connectivity index (χ3n) is 5.51. The first-order chi connectivity index (χ1) is 12.1. The van der Waals surface area contributed by atoms with Crippen molar-refractivity contribution in [3.8, 4) is 0 Å². The van der Waals surface area contributed by atoms with Crippen LogP contribution in [0.15, 0.2) is 29.1 Å². The number of amides is 1. The normalized spacial score (nSPS) is 24.1. The van der Waals surface area contributed by atoms with Crippen LogP contribution in [0.5, 0.6) is 0 Å². The number of rotatable bonds is 6. The number of hydrogen-bond acceptors (Lipinski definition) is 4. The molecular formula is C19H26N4O2. The molecule has 0 spiro atoms. The molecule has 6 heteroatoms. The van der Waals surface area contributed by atoms with Crippen molar-refractivity contribution in [2.75, 3.05) is 6.54 Å². The molecule has 3 heterocycles. The summed E-state index contributed by atoms with van der Waals surface area (Å²) in [5, 5.41) is 3.57. The van der Waals surface area contributed by atoms with Gasteiger partial charge < -0.3 is 19.2 Å². The zero-order valence-corrected chi connectivity index (χ0v) is 14.9. The Kier molecular flexibility index (Phi) is 4.37. The van der Waals surface area contributed by atoms with Crippen LogP contribution in [0, 0.1) is 12.8 Å². The van der Waals surface area contributed by atoms with Gasteiger partial charge in [0.15, 0.2) is 0 Å². The van der Waals surface area contributed by atoms with E-state index in [2.05, 4.69) is 19.8 Å². The van der Waals surface area contributed by atoms with Crippen LogP contribution in [0.2, 0.25) is 0 Å². The Hall–Kier alpha value is -2.08. The second-order valence-electron chi connectivity index (χ2n) is 7.31. The summed E-state index contributed by atoms with van der Waals surface area (Å²) in [5.74, 6) is 2.64. The van der Waals surface area contributed by atoms with Crippen LogP contribution in [-0.2, 0) is 18.4 Å².